The van der Waals surface area contributed by atoms with Crippen LogP contribution >= 0.6 is 0 Å². The van der Waals surface area contributed by atoms with E-state index in [1.807, 2.05) is 61.1 Å². The summed E-state index contributed by atoms with van der Waals surface area (Å²) in [5.74, 6) is 1.70. The van der Waals surface area contributed by atoms with Crippen LogP contribution in [-0.4, -0.2) is 39.0 Å². The van der Waals surface area contributed by atoms with Crippen molar-refractivity contribution in [2.75, 3.05) is 0 Å². The summed E-state index contributed by atoms with van der Waals surface area (Å²) < 4.78 is 4.54. The second-order valence-corrected chi connectivity index (χ2v) is 14.1. The maximum atomic E-state index is 5.26. The van der Waals surface area contributed by atoms with Crippen molar-refractivity contribution in [3.8, 4) is 34.4 Å². The number of pyridine rings is 3. The Morgan fingerprint density at radius 1 is 0.339 bits per heavy atom. The Hall–Kier alpha value is -7.84. The molecule has 0 aliphatic carbocycles. The van der Waals surface area contributed by atoms with Gasteiger partial charge >= 0.3 is 0 Å². The Morgan fingerprint density at radius 2 is 0.875 bits per heavy atom. The van der Waals surface area contributed by atoms with Gasteiger partial charge in [-0.1, -0.05) is 60.7 Å². The average Bonchev–Trinajstić information content (AvgIpc) is 3.77. The minimum atomic E-state index is 0.539. The Labute approximate surface area is 319 Å². The molecule has 0 radical (unpaired) electrons. The summed E-state index contributed by atoms with van der Waals surface area (Å²) in [6.45, 7) is 0. The van der Waals surface area contributed by atoms with Crippen molar-refractivity contribution in [2.45, 2.75) is 0 Å². The number of hydrogen-bond acceptors (Lipinski definition) is 6. The Bertz CT molecular complexity index is 3470. The van der Waals surface area contributed by atoms with Crippen LogP contribution in [0, 0.1) is 0 Å². The molecule has 6 aromatic carbocycles. The molecular formula is C48H28N8. The van der Waals surface area contributed by atoms with Crippen LogP contribution in [0.25, 0.3) is 111 Å². The second kappa shape index (κ2) is 11.8. The van der Waals surface area contributed by atoms with E-state index in [1.54, 1.807) is 0 Å². The predicted octanol–water partition coefficient (Wildman–Crippen LogP) is 11.0. The number of benzene rings is 6. The largest absolute Gasteiger partial charge is 0.309 e. The average molecular weight is 717 g/mol. The SMILES string of the molecule is c1cnc2ccc(-c3nc(-c4ccc5ncccc5c4)nc(-n4c5ccccc5c5cc6c(cc54)c4ccccc4n6-c4ccc5cccnc5c4)n3)cc2c1. The van der Waals surface area contributed by atoms with Gasteiger partial charge in [0.15, 0.2) is 11.6 Å². The highest BCUT2D eigenvalue weighted by Crippen LogP contribution is 2.40. The van der Waals surface area contributed by atoms with Crippen LogP contribution in [0.4, 0.5) is 0 Å². The quantitative estimate of drug-likeness (QED) is 0.180. The van der Waals surface area contributed by atoms with Gasteiger partial charge in [-0.25, -0.2) is 4.98 Å². The molecule has 0 atom stereocenters. The molecule has 260 valence electrons. The number of hydrogen-bond donors (Lipinski definition) is 0. The number of nitrogens with zero attached hydrogens (tertiary/aromatic N) is 8. The van der Waals surface area contributed by atoms with E-state index in [4.69, 9.17) is 15.0 Å². The Kier molecular flexibility index (Phi) is 6.47. The fraction of sp³-hybridized carbons (Fsp3) is 0. The first-order valence-corrected chi connectivity index (χ1v) is 18.5. The maximum absolute atomic E-state index is 5.26. The number of para-hydroxylation sites is 2. The van der Waals surface area contributed by atoms with Gasteiger partial charge in [0.1, 0.15) is 0 Å². The van der Waals surface area contributed by atoms with Gasteiger partial charge < -0.3 is 4.57 Å². The lowest BCUT2D eigenvalue weighted by Gasteiger charge is -2.12. The highest BCUT2D eigenvalue weighted by molar-refractivity contribution is 6.19. The van der Waals surface area contributed by atoms with Gasteiger partial charge in [0, 0.05) is 73.1 Å². The smallest absolute Gasteiger partial charge is 0.238 e. The van der Waals surface area contributed by atoms with E-state index >= 15 is 0 Å². The molecule has 0 aliphatic rings. The van der Waals surface area contributed by atoms with Gasteiger partial charge in [0.25, 0.3) is 0 Å². The van der Waals surface area contributed by atoms with E-state index in [9.17, 15) is 0 Å². The van der Waals surface area contributed by atoms with Crippen molar-refractivity contribution in [3.05, 3.63) is 170 Å². The standard InChI is InChI=1S/C48H28N8/c1-3-13-42-35(11-1)37-28-45-38(27-44(37)55(42)34-18-15-29-8-5-23-51-41(29)26-34)36-12-2-4-14-43(36)56(45)48-53-46(32-16-19-39-30(24-32)9-6-21-49-39)52-47(54-48)33-17-20-40-31(25-33)10-7-22-50-40/h1-28H. The van der Waals surface area contributed by atoms with Crippen LogP contribution in [0.1, 0.15) is 0 Å². The number of rotatable bonds is 4. The maximum Gasteiger partial charge on any atom is 0.238 e. The summed E-state index contributed by atoms with van der Waals surface area (Å²) in [5.41, 5.74) is 9.88. The summed E-state index contributed by atoms with van der Waals surface area (Å²) in [6.07, 6.45) is 5.47. The third-order valence-electron chi connectivity index (χ3n) is 10.9. The third-order valence-corrected chi connectivity index (χ3v) is 10.9. The van der Waals surface area contributed by atoms with Gasteiger partial charge in [-0.3, -0.25) is 19.5 Å². The summed E-state index contributed by atoms with van der Waals surface area (Å²) >= 11 is 0. The summed E-state index contributed by atoms with van der Waals surface area (Å²) in [4.78, 5) is 29.4. The molecule has 8 nitrogen and oxygen atoms in total. The predicted molar refractivity (Wildman–Crippen MR) is 225 cm³/mol. The molecule has 12 rings (SSSR count). The molecule has 6 heterocycles. The summed E-state index contributed by atoms with van der Waals surface area (Å²) in [7, 11) is 0. The van der Waals surface area contributed by atoms with Crippen molar-refractivity contribution in [2.24, 2.45) is 0 Å². The van der Waals surface area contributed by atoms with E-state index in [2.05, 4.69) is 133 Å². The first-order valence-electron chi connectivity index (χ1n) is 18.5. The highest BCUT2D eigenvalue weighted by Gasteiger charge is 2.21. The van der Waals surface area contributed by atoms with Crippen LogP contribution in [0.3, 0.4) is 0 Å². The van der Waals surface area contributed by atoms with Gasteiger partial charge in [0.05, 0.1) is 38.6 Å². The Balaban J connectivity index is 1.15. The Morgan fingerprint density at radius 3 is 1.50 bits per heavy atom. The van der Waals surface area contributed by atoms with Gasteiger partial charge in [0.2, 0.25) is 5.95 Å². The van der Waals surface area contributed by atoms with Crippen molar-refractivity contribution >= 4 is 76.3 Å². The first-order chi connectivity index (χ1) is 27.7. The molecule has 0 N–H and O–H groups in total. The van der Waals surface area contributed by atoms with Crippen molar-refractivity contribution < 1.29 is 0 Å². The molecule has 0 unspecified atom stereocenters. The molecule has 12 aromatic rings. The number of fused-ring (bicyclic) bond motifs is 9. The van der Waals surface area contributed by atoms with Gasteiger partial charge in [-0.2, -0.15) is 9.97 Å². The van der Waals surface area contributed by atoms with Gasteiger partial charge in [-0.15, -0.1) is 0 Å². The fourth-order valence-corrected chi connectivity index (χ4v) is 8.27. The lowest BCUT2D eigenvalue weighted by atomic mass is 10.1. The third kappa shape index (κ3) is 4.66. The van der Waals surface area contributed by atoms with E-state index in [1.165, 1.54) is 0 Å². The van der Waals surface area contributed by atoms with E-state index in [0.717, 1.165) is 93.1 Å². The van der Waals surface area contributed by atoms with Crippen LogP contribution in [0.5, 0.6) is 0 Å². The zero-order chi connectivity index (χ0) is 36.7. The van der Waals surface area contributed by atoms with Crippen LogP contribution in [-0.2, 0) is 0 Å². The van der Waals surface area contributed by atoms with Crippen molar-refractivity contribution in [1.29, 1.82) is 0 Å². The summed E-state index contributed by atoms with van der Waals surface area (Å²) in [5, 5.41) is 7.66. The van der Waals surface area contributed by atoms with Crippen molar-refractivity contribution in [3.63, 3.8) is 0 Å². The fourth-order valence-electron chi connectivity index (χ4n) is 8.27. The van der Waals surface area contributed by atoms with Crippen molar-refractivity contribution in [1.82, 2.24) is 39.0 Å². The molecule has 8 heteroatoms. The molecule has 0 amide bonds. The molecular weight excluding hydrogens is 689 g/mol. The molecule has 0 bridgehead atoms. The molecule has 56 heavy (non-hydrogen) atoms. The van der Waals surface area contributed by atoms with E-state index in [0.29, 0.717) is 17.6 Å². The van der Waals surface area contributed by atoms with Crippen LogP contribution < -0.4 is 0 Å². The molecule has 0 saturated carbocycles. The molecule has 0 fully saturated rings. The lowest BCUT2D eigenvalue weighted by Crippen LogP contribution is -2.06. The zero-order valence-electron chi connectivity index (χ0n) is 29.7. The minimum absolute atomic E-state index is 0.539. The molecule has 0 spiro atoms. The van der Waals surface area contributed by atoms with E-state index in [-0.39, 0.29) is 0 Å². The normalized spacial score (nSPS) is 11.9. The second-order valence-electron chi connectivity index (χ2n) is 14.1. The first kappa shape index (κ1) is 30.6. The van der Waals surface area contributed by atoms with Gasteiger partial charge in [-0.05, 0) is 91.0 Å². The highest BCUT2D eigenvalue weighted by atomic mass is 15.2. The monoisotopic (exact) mass is 716 g/mol. The molecule has 0 aliphatic heterocycles. The lowest BCUT2D eigenvalue weighted by molar-refractivity contribution is 0.954. The minimum Gasteiger partial charge on any atom is -0.309 e. The molecule has 0 saturated heterocycles. The molecule has 6 aromatic heterocycles. The van der Waals surface area contributed by atoms with Crippen LogP contribution in [0.15, 0.2) is 170 Å². The van der Waals surface area contributed by atoms with Crippen LogP contribution in [0.2, 0.25) is 0 Å². The van der Waals surface area contributed by atoms with E-state index < -0.39 is 0 Å². The summed E-state index contributed by atoms with van der Waals surface area (Å²) in [6, 6.07) is 52.7. The number of aromatic nitrogens is 8. The zero-order valence-corrected chi connectivity index (χ0v) is 29.7. The topological polar surface area (TPSA) is 87.2 Å².